The van der Waals surface area contributed by atoms with Crippen LogP contribution in [0.15, 0.2) is 89.5 Å². The topological polar surface area (TPSA) is 92.4 Å². The minimum atomic E-state index is 0.0381. The maximum Gasteiger partial charge on any atom is 0.176 e. The summed E-state index contributed by atoms with van der Waals surface area (Å²) in [5.74, 6) is 5.18. The average Bonchev–Trinajstić information content (AvgIpc) is 3.20. The number of fused-ring (bicyclic) bond motifs is 3. The second-order valence-electron chi connectivity index (χ2n) is 7.23. The molecular weight excluding hydrogens is 372 g/mol. The number of hydrogen-bond donors (Lipinski definition) is 2. The molecule has 2 aromatic heterocycles. The Morgan fingerprint density at radius 2 is 1.77 bits per heavy atom. The van der Waals surface area contributed by atoms with Gasteiger partial charge in [0.25, 0.3) is 0 Å². The first-order valence-electron chi connectivity index (χ1n) is 9.80. The van der Waals surface area contributed by atoms with Gasteiger partial charge in [0.2, 0.25) is 0 Å². The Kier molecular flexibility index (Phi) is 4.44. The number of amidine groups is 1. The molecule has 0 aliphatic heterocycles. The molecule has 2 aromatic carbocycles. The minimum absolute atomic E-state index is 0.0381. The van der Waals surface area contributed by atoms with Gasteiger partial charge in [0.15, 0.2) is 5.84 Å². The molecule has 0 spiro atoms. The smallest absolute Gasteiger partial charge is 0.176 e. The summed E-state index contributed by atoms with van der Waals surface area (Å²) in [4.78, 5) is 4.18. The van der Waals surface area contributed by atoms with E-state index in [0.717, 1.165) is 29.8 Å². The summed E-state index contributed by atoms with van der Waals surface area (Å²) in [7, 11) is 0. The van der Waals surface area contributed by atoms with Gasteiger partial charge in [-0.15, -0.1) is 5.11 Å². The molecule has 0 amide bonds. The van der Waals surface area contributed by atoms with E-state index in [1.165, 1.54) is 22.4 Å². The maximum atomic E-state index is 8.10. The number of nitrogens with two attached hydrogens (primary N) is 1. The van der Waals surface area contributed by atoms with Gasteiger partial charge in [0.05, 0.1) is 5.69 Å². The van der Waals surface area contributed by atoms with E-state index in [2.05, 4.69) is 56.3 Å². The van der Waals surface area contributed by atoms with E-state index in [0.29, 0.717) is 5.56 Å². The van der Waals surface area contributed by atoms with Crippen molar-refractivity contribution in [2.45, 2.75) is 12.8 Å². The van der Waals surface area contributed by atoms with E-state index < -0.39 is 0 Å². The van der Waals surface area contributed by atoms with E-state index in [-0.39, 0.29) is 5.84 Å². The molecule has 0 radical (unpaired) electrons. The molecular formula is C24H20N6. The zero-order chi connectivity index (χ0) is 20.5. The molecule has 0 saturated carbocycles. The number of aryl methyl sites for hydroxylation is 1. The molecule has 6 heteroatoms. The molecule has 6 nitrogen and oxygen atoms in total. The number of pyridine rings is 1. The van der Waals surface area contributed by atoms with Gasteiger partial charge in [-0.2, -0.15) is 0 Å². The highest BCUT2D eigenvalue weighted by molar-refractivity contribution is 5.97. The normalized spacial score (nSPS) is 12.5. The van der Waals surface area contributed by atoms with E-state index in [4.69, 9.17) is 11.3 Å². The average molecular weight is 392 g/mol. The van der Waals surface area contributed by atoms with Gasteiger partial charge in [-0.05, 0) is 54.3 Å². The van der Waals surface area contributed by atoms with Gasteiger partial charge in [-0.25, -0.2) is 0 Å². The predicted molar refractivity (Wildman–Crippen MR) is 118 cm³/mol. The van der Waals surface area contributed by atoms with Crippen LogP contribution in [0.25, 0.3) is 28.1 Å². The van der Waals surface area contributed by atoms with Crippen molar-refractivity contribution >= 4 is 5.84 Å². The molecule has 1 aliphatic carbocycles. The Labute approximate surface area is 174 Å². The fourth-order valence-electron chi connectivity index (χ4n) is 4.22. The van der Waals surface area contributed by atoms with Crippen LogP contribution in [0.2, 0.25) is 0 Å². The number of aromatic nitrogens is 2. The monoisotopic (exact) mass is 392 g/mol. The second kappa shape index (κ2) is 7.40. The van der Waals surface area contributed by atoms with E-state index >= 15 is 0 Å². The summed E-state index contributed by atoms with van der Waals surface area (Å²) < 4.78 is 2.29. The van der Waals surface area contributed by atoms with Crippen LogP contribution >= 0.6 is 0 Å². The fourth-order valence-corrected chi connectivity index (χ4v) is 4.22. The zero-order valence-corrected chi connectivity index (χ0v) is 16.3. The van der Waals surface area contributed by atoms with Crippen LogP contribution < -0.4 is 5.84 Å². The van der Waals surface area contributed by atoms with Crippen molar-refractivity contribution in [2.75, 3.05) is 0 Å². The van der Waals surface area contributed by atoms with Gasteiger partial charge in [-0.3, -0.25) is 10.4 Å². The standard InChI is InChI=1S/C24H20N6/c25-24(28-29-26)18-5-3-6-19(14-18)30-22-9-8-16-4-1-2-7-20(16)21(22)15-23(30)17-10-12-27-13-11-17/h1-7,10-15H,8-9H2,(H3,25,26,28). The first-order chi connectivity index (χ1) is 14.8. The van der Waals surface area contributed by atoms with Crippen molar-refractivity contribution in [3.63, 3.8) is 0 Å². The Balaban J connectivity index is 1.76. The van der Waals surface area contributed by atoms with Gasteiger partial charge in [0, 0.05) is 40.5 Å². The Bertz CT molecular complexity index is 1270. The van der Waals surface area contributed by atoms with Crippen LogP contribution in [0.3, 0.4) is 0 Å². The van der Waals surface area contributed by atoms with Gasteiger partial charge >= 0.3 is 0 Å². The first-order valence-corrected chi connectivity index (χ1v) is 9.80. The van der Waals surface area contributed by atoms with Crippen LogP contribution in [0.5, 0.6) is 0 Å². The van der Waals surface area contributed by atoms with Crippen molar-refractivity contribution in [1.29, 1.82) is 5.41 Å². The van der Waals surface area contributed by atoms with E-state index in [1.54, 1.807) is 0 Å². The molecule has 146 valence electrons. The number of nitrogens with one attached hydrogen (secondary N) is 1. The molecule has 0 atom stereocenters. The molecule has 0 bridgehead atoms. The summed E-state index contributed by atoms with van der Waals surface area (Å²) in [6, 6.07) is 22.7. The van der Waals surface area contributed by atoms with E-state index in [1.807, 2.05) is 42.7 Å². The lowest BCUT2D eigenvalue weighted by Crippen LogP contribution is -2.09. The summed E-state index contributed by atoms with van der Waals surface area (Å²) in [5.41, 5.74) is 9.03. The number of hydrogen-bond acceptors (Lipinski definition) is 3. The molecule has 4 aromatic rings. The van der Waals surface area contributed by atoms with Crippen LogP contribution in [-0.2, 0) is 12.8 Å². The number of nitrogens with zero attached hydrogens (tertiary/aromatic N) is 4. The first kappa shape index (κ1) is 18.0. The Hall–Kier alpha value is -4.06. The van der Waals surface area contributed by atoms with E-state index in [9.17, 15) is 0 Å². The van der Waals surface area contributed by atoms with Crippen molar-refractivity contribution in [3.05, 3.63) is 95.9 Å². The third kappa shape index (κ3) is 2.99. The van der Waals surface area contributed by atoms with Crippen molar-refractivity contribution in [1.82, 2.24) is 9.55 Å². The fraction of sp³-hybridized carbons (Fsp3) is 0.0833. The predicted octanol–water partition coefficient (Wildman–Crippen LogP) is 4.96. The number of benzene rings is 2. The van der Waals surface area contributed by atoms with Crippen LogP contribution in [0.4, 0.5) is 0 Å². The molecule has 0 saturated heterocycles. The summed E-state index contributed by atoms with van der Waals surface area (Å²) >= 11 is 0. The van der Waals surface area contributed by atoms with Crippen LogP contribution in [0.1, 0.15) is 16.8 Å². The van der Waals surface area contributed by atoms with Crippen molar-refractivity contribution in [3.8, 4) is 28.1 Å². The molecule has 1 aliphatic rings. The lowest BCUT2D eigenvalue weighted by molar-refractivity contribution is 0.857. The van der Waals surface area contributed by atoms with Gasteiger partial charge in [0.1, 0.15) is 0 Å². The highest BCUT2D eigenvalue weighted by Crippen LogP contribution is 2.40. The van der Waals surface area contributed by atoms with Crippen molar-refractivity contribution < 1.29 is 0 Å². The largest absolute Gasteiger partial charge is 0.313 e. The molecule has 2 heterocycles. The van der Waals surface area contributed by atoms with Crippen LogP contribution in [-0.4, -0.2) is 15.4 Å². The minimum Gasteiger partial charge on any atom is -0.313 e. The molecule has 0 unspecified atom stereocenters. The number of rotatable bonds is 3. The SMILES string of the molecule is N=C(N=NN)c1cccc(-n2c(-c3ccncc3)cc3c2CCc2ccccc2-3)c1. The van der Waals surface area contributed by atoms with Crippen LogP contribution in [0, 0.1) is 5.41 Å². The molecule has 30 heavy (non-hydrogen) atoms. The lowest BCUT2D eigenvalue weighted by atomic mass is 9.90. The Morgan fingerprint density at radius 3 is 2.60 bits per heavy atom. The summed E-state index contributed by atoms with van der Waals surface area (Å²) in [6.07, 6.45) is 5.57. The Morgan fingerprint density at radius 1 is 0.933 bits per heavy atom. The zero-order valence-electron chi connectivity index (χ0n) is 16.3. The third-order valence-corrected chi connectivity index (χ3v) is 5.55. The molecule has 5 rings (SSSR count). The summed E-state index contributed by atoms with van der Waals surface area (Å²) in [6.45, 7) is 0. The quantitative estimate of drug-likeness (QED) is 0.170. The lowest BCUT2D eigenvalue weighted by Gasteiger charge is -2.20. The molecule has 3 N–H and O–H groups in total. The molecule has 0 fully saturated rings. The maximum absolute atomic E-state index is 8.10. The third-order valence-electron chi connectivity index (χ3n) is 5.55. The second-order valence-corrected chi connectivity index (χ2v) is 7.23. The highest BCUT2D eigenvalue weighted by Gasteiger charge is 2.24. The highest BCUT2D eigenvalue weighted by atomic mass is 15.3. The van der Waals surface area contributed by atoms with Crippen molar-refractivity contribution in [2.24, 2.45) is 16.2 Å². The summed E-state index contributed by atoms with van der Waals surface area (Å²) in [5, 5.41) is 15.0. The van der Waals surface area contributed by atoms with Gasteiger partial charge < -0.3 is 10.4 Å². The van der Waals surface area contributed by atoms with Gasteiger partial charge in [-0.1, -0.05) is 41.6 Å².